The van der Waals surface area contributed by atoms with Crippen LogP contribution < -0.4 is 4.74 Å². The standard InChI is InChI=1S/C19H17F3N2O4/c20-19(21,22)13-5-8-16(23-11-13)28-15-6-3-12(4-7-15)18(27)24-9-1-2-14(24)10-17(25)26/h3-8,11,14H,1-2,9-10H2,(H,25,26). The average Bonchev–Trinajstić information content (AvgIpc) is 3.09. The number of halogens is 3. The molecule has 1 N–H and O–H groups in total. The van der Waals surface area contributed by atoms with Crippen LogP contribution in [0.3, 0.4) is 0 Å². The Morgan fingerprint density at radius 3 is 2.46 bits per heavy atom. The van der Waals surface area contributed by atoms with Crippen molar-refractivity contribution in [2.75, 3.05) is 6.54 Å². The molecule has 1 aromatic heterocycles. The number of ether oxygens (including phenoxy) is 1. The zero-order chi connectivity index (χ0) is 20.3. The van der Waals surface area contributed by atoms with Gasteiger partial charge in [-0.25, -0.2) is 4.98 Å². The van der Waals surface area contributed by atoms with E-state index in [1.807, 2.05) is 0 Å². The number of carboxylic acids is 1. The Morgan fingerprint density at radius 2 is 1.89 bits per heavy atom. The molecule has 1 aliphatic heterocycles. The van der Waals surface area contributed by atoms with E-state index in [0.29, 0.717) is 30.5 Å². The molecule has 9 heteroatoms. The fourth-order valence-corrected chi connectivity index (χ4v) is 3.08. The van der Waals surface area contributed by atoms with E-state index in [4.69, 9.17) is 9.84 Å². The highest BCUT2D eigenvalue weighted by Crippen LogP contribution is 2.30. The Kier molecular flexibility index (Phi) is 5.53. The van der Waals surface area contributed by atoms with Gasteiger partial charge in [-0.1, -0.05) is 0 Å². The second-order valence-electron chi connectivity index (χ2n) is 6.40. The van der Waals surface area contributed by atoms with E-state index in [9.17, 15) is 22.8 Å². The number of hydrogen-bond donors (Lipinski definition) is 1. The van der Waals surface area contributed by atoms with E-state index in [-0.39, 0.29) is 24.2 Å². The number of carbonyl (C=O) groups is 2. The average molecular weight is 394 g/mol. The van der Waals surface area contributed by atoms with Gasteiger partial charge in [0.2, 0.25) is 5.88 Å². The van der Waals surface area contributed by atoms with Crippen LogP contribution in [0.4, 0.5) is 13.2 Å². The van der Waals surface area contributed by atoms with Crippen LogP contribution in [0.15, 0.2) is 42.6 Å². The number of likely N-dealkylation sites (tertiary alicyclic amines) is 1. The minimum Gasteiger partial charge on any atom is -0.481 e. The lowest BCUT2D eigenvalue weighted by atomic mass is 10.1. The van der Waals surface area contributed by atoms with Crippen molar-refractivity contribution in [1.29, 1.82) is 0 Å². The summed E-state index contributed by atoms with van der Waals surface area (Å²) in [7, 11) is 0. The molecule has 1 aliphatic rings. The summed E-state index contributed by atoms with van der Waals surface area (Å²) in [6.07, 6.45) is -2.47. The maximum atomic E-state index is 12.6. The monoisotopic (exact) mass is 394 g/mol. The molecule has 1 saturated heterocycles. The largest absolute Gasteiger partial charge is 0.481 e. The molecule has 1 atom stereocenters. The summed E-state index contributed by atoms with van der Waals surface area (Å²) in [5, 5.41) is 8.96. The number of hydrogen-bond acceptors (Lipinski definition) is 4. The van der Waals surface area contributed by atoms with Crippen LogP contribution in [0.1, 0.15) is 35.2 Å². The fourth-order valence-electron chi connectivity index (χ4n) is 3.08. The summed E-state index contributed by atoms with van der Waals surface area (Å²) in [5.74, 6) is -0.902. The fraction of sp³-hybridized carbons (Fsp3) is 0.316. The van der Waals surface area contributed by atoms with E-state index < -0.39 is 17.7 Å². The molecule has 6 nitrogen and oxygen atoms in total. The molecule has 0 bridgehead atoms. The molecule has 1 aromatic carbocycles. The van der Waals surface area contributed by atoms with Gasteiger partial charge in [0.05, 0.1) is 12.0 Å². The molecule has 2 heterocycles. The second-order valence-corrected chi connectivity index (χ2v) is 6.40. The maximum Gasteiger partial charge on any atom is 0.417 e. The first-order valence-electron chi connectivity index (χ1n) is 8.58. The van der Waals surface area contributed by atoms with Gasteiger partial charge >= 0.3 is 12.1 Å². The van der Waals surface area contributed by atoms with Crippen molar-refractivity contribution in [2.45, 2.75) is 31.5 Å². The number of carbonyl (C=O) groups excluding carboxylic acids is 1. The Morgan fingerprint density at radius 1 is 1.18 bits per heavy atom. The van der Waals surface area contributed by atoms with Crippen LogP contribution in [0, 0.1) is 0 Å². The van der Waals surface area contributed by atoms with Gasteiger partial charge in [0.15, 0.2) is 0 Å². The third-order valence-electron chi connectivity index (χ3n) is 4.44. The van der Waals surface area contributed by atoms with Crippen molar-refractivity contribution in [3.05, 3.63) is 53.7 Å². The van der Waals surface area contributed by atoms with Crippen LogP contribution >= 0.6 is 0 Å². The first kappa shape index (κ1) is 19.7. The highest BCUT2D eigenvalue weighted by Gasteiger charge is 2.31. The van der Waals surface area contributed by atoms with Crippen LogP contribution in [0.2, 0.25) is 0 Å². The Balaban J connectivity index is 1.66. The topological polar surface area (TPSA) is 79.7 Å². The lowest BCUT2D eigenvalue weighted by Crippen LogP contribution is -2.36. The number of benzene rings is 1. The molecule has 0 aliphatic carbocycles. The van der Waals surface area contributed by atoms with Crippen LogP contribution in [0.25, 0.3) is 0 Å². The van der Waals surface area contributed by atoms with E-state index in [1.54, 1.807) is 4.90 Å². The first-order chi connectivity index (χ1) is 13.2. The number of alkyl halides is 3. The molecule has 0 saturated carbocycles. The number of carboxylic acid groups (broad SMARTS) is 1. The molecule has 28 heavy (non-hydrogen) atoms. The number of amides is 1. The summed E-state index contributed by atoms with van der Waals surface area (Å²) >= 11 is 0. The van der Waals surface area contributed by atoms with Gasteiger partial charge in [0.1, 0.15) is 5.75 Å². The second kappa shape index (κ2) is 7.87. The number of rotatable bonds is 5. The molecule has 0 radical (unpaired) electrons. The molecule has 148 valence electrons. The summed E-state index contributed by atoms with van der Waals surface area (Å²) in [4.78, 5) is 28.7. The number of aliphatic carboxylic acids is 1. The van der Waals surface area contributed by atoms with E-state index in [1.165, 1.54) is 24.3 Å². The van der Waals surface area contributed by atoms with Gasteiger partial charge in [-0.15, -0.1) is 0 Å². The van der Waals surface area contributed by atoms with Crippen LogP contribution in [-0.2, 0) is 11.0 Å². The van der Waals surface area contributed by atoms with E-state index >= 15 is 0 Å². The van der Waals surface area contributed by atoms with Crippen molar-refractivity contribution in [1.82, 2.24) is 9.88 Å². The molecule has 2 aromatic rings. The van der Waals surface area contributed by atoms with E-state index in [2.05, 4.69) is 4.98 Å². The summed E-state index contributed by atoms with van der Waals surface area (Å²) in [6.45, 7) is 0.504. The smallest absolute Gasteiger partial charge is 0.417 e. The van der Waals surface area contributed by atoms with Gasteiger partial charge in [-0.05, 0) is 43.2 Å². The van der Waals surface area contributed by atoms with Gasteiger partial charge in [0.25, 0.3) is 5.91 Å². The lowest BCUT2D eigenvalue weighted by molar-refractivity contribution is -0.138. The van der Waals surface area contributed by atoms with Crippen molar-refractivity contribution in [3.63, 3.8) is 0 Å². The maximum absolute atomic E-state index is 12.6. The van der Waals surface area contributed by atoms with Crippen molar-refractivity contribution in [3.8, 4) is 11.6 Å². The highest BCUT2D eigenvalue weighted by atomic mass is 19.4. The zero-order valence-electron chi connectivity index (χ0n) is 14.6. The number of pyridine rings is 1. The molecular formula is C19H17F3N2O4. The lowest BCUT2D eigenvalue weighted by Gasteiger charge is -2.23. The SMILES string of the molecule is O=C(O)CC1CCCN1C(=O)c1ccc(Oc2ccc(C(F)(F)F)cn2)cc1. The van der Waals surface area contributed by atoms with Crippen molar-refractivity contribution in [2.24, 2.45) is 0 Å². The normalized spacial score (nSPS) is 16.8. The first-order valence-corrected chi connectivity index (χ1v) is 8.58. The minimum atomic E-state index is -4.47. The zero-order valence-corrected chi connectivity index (χ0v) is 14.6. The predicted octanol–water partition coefficient (Wildman–Crippen LogP) is 3.97. The van der Waals surface area contributed by atoms with Crippen LogP contribution in [-0.4, -0.2) is 39.5 Å². The summed E-state index contributed by atoms with van der Waals surface area (Å²) in [6, 6.07) is 7.73. The van der Waals surface area contributed by atoms with E-state index in [0.717, 1.165) is 18.6 Å². The molecule has 1 unspecified atom stereocenters. The van der Waals surface area contributed by atoms with Crippen molar-refractivity contribution < 1.29 is 32.6 Å². The van der Waals surface area contributed by atoms with Gasteiger partial charge in [-0.3, -0.25) is 9.59 Å². The number of nitrogens with zero attached hydrogens (tertiary/aromatic N) is 2. The van der Waals surface area contributed by atoms with Gasteiger partial charge in [0, 0.05) is 30.4 Å². The third kappa shape index (κ3) is 4.59. The van der Waals surface area contributed by atoms with Crippen molar-refractivity contribution >= 4 is 11.9 Å². The number of aromatic nitrogens is 1. The summed E-state index contributed by atoms with van der Waals surface area (Å²) < 4.78 is 43.0. The highest BCUT2D eigenvalue weighted by molar-refractivity contribution is 5.95. The molecule has 3 rings (SSSR count). The quantitative estimate of drug-likeness (QED) is 0.830. The summed E-state index contributed by atoms with van der Waals surface area (Å²) in [5.41, 5.74) is -0.493. The third-order valence-corrected chi connectivity index (χ3v) is 4.44. The molecule has 0 spiro atoms. The van der Waals surface area contributed by atoms with Gasteiger partial charge < -0.3 is 14.7 Å². The molecule has 1 amide bonds. The molecule has 1 fully saturated rings. The van der Waals surface area contributed by atoms with Gasteiger partial charge in [-0.2, -0.15) is 13.2 Å². The minimum absolute atomic E-state index is 0.00635. The predicted molar refractivity (Wildman–Crippen MR) is 92.1 cm³/mol. The Bertz CT molecular complexity index is 851. The molecular weight excluding hydrogens is 377 g/mol. The Hall–Kier alpha value is -3.10. The van der Waals surface area contributed by atoms with Crippen LogP contribution in [0.5, 0.6) is 11.6 Å². The Labute approximate surface area is 158 Å².